The van der Waals surface area contributed by atoms with Crippen LogP contribution < -0.4 is 10.6 Å². The van der Waals surface area contributed by atoms with Gasteiger partial charge in [-0.25, -0.2) is 4.39 Å². The minimum atomic E-state index is -0.549. The van der Waals surface area contributed by atoms with Crippen molar-refractivity contribution in [1.82, 2.24) is 0 Å². The van der Waals surface area contributed by atoms with Crippen molar-refractivity contribution < 1.29 is 14.0 Å². The smallest absolute Gasteiger partial charge is 0.257 e. The Morgan fingerprint density at radius 3 is 2.19 bits per heavy atom. The number of carbonyl (C=O) groups is 2. The van der Waals surface area contributed by atoms with E-state index in [-0.39, 0.29) is 21.9 Å². The molecule has 0 radical (unpaired) electrons. The summed E-state index contributed by atoms with van der Waals surface area (Å²) >= 11 is 19.0. The third kappa shape index (κ3) is 6.37. The van der Waals surface area contributed by atoms with E-state index in [4.69, 9.17) is 34.8 Å². The maximum absolute atomic E-state index is 13.2. The number of benzene rings is 3. The summed E-state index contributed by atoms with van der Waals surface area (Å²) in [6.45, 7) is 1.75. The van der Waals surface area contributed by atoms with Crippen LogP contribution in [0.5, 0.6) is 0 Å². The number of anilines is 2. The highest BCUT2D eigenvalue weighted by Crippen LogP contribution is 2.27. The second-order valence-electron chi connectivity index (χ2n) is 6.48. The number of nitrogens with one attached hydrogen (secondary N) is 2. The van der Waals surface area contributed by atoms with Crippen LogP contribution in [0.1, 0.15) is 17.3 Å². The predicted octanol–water partition coefficient (Wildman–Crippen LogP) is 7.16. The number of hydrogen-bond donors (Lipinski definition) is 2. The molecule has 0 saturated heterocycles. The first-order valence-corrected chi connectivity index (χ1v) is 11.0. The molecule has 0 aliphatic carbocycles. The van der Waals surface area contributed by atoms with E-state index in [1.807, 2.05) is 0 Å². The first-order valence-electron chi connectivity index (χ1n) is 9.02. The van der Waals surface area contributed by atoms with Crippen LogP contribution in [0.25, 0.3) is 0 Å². The van der Waals surface area contributed by atoms with Crippen LogP contribution in [0.4, 0.5) is 15.8 Å². The highest BCUT2D eigenvalue weighted by Gasteiger charge is 2.16. The fraction of sp³-hybridized carbons (Fsp3) is 0.0909. The molecule has 3 rings (SSSR count). The molecule has 0 aliphatic rings. The molecule has 0 fully saturated rings. The van der Waals surface area contributed by atoms with Crippen LogP contribution >= 0.6 is 46.6 Å². The molecule has 0 spiro atoms. The number of amides is 2. The molecule has 160 valence electrons. The van der Waals surface area contributed by atoms with Gasteiger partial charge in [-0.2, -0.15) is 0 Å². The zero-order valence-electron chi connectivity index (χ0n) is 16.1. The molecule has 4 nitrogen and oxygen atoms in total. The van der Waals surface area contributed by atoms with Crippen molar-refractivity contribution in [2.24, 2.45) is 0 Å². The molecule has 1 unspecified atom stereocenters. The van der Waals surface area contributed by atoms with E-state index in [9.17, 15) is 14.0 Å². The van der Waals surface area contributed by atoms with E-state index in [1.54, 1.807) is 43.3 Å². The normalized spacial score (nSPS) is 11.6. The lowest BCUT2D eigenvalue weighted by molar-refractivity contribution is -0.115. The Hall–Kier alpha value is -2.25. The molecule has 2 N–H and O–H groups in total. The fourth-order valence-corrected chi connectivity index (χ4v) is 4.11. The van der Waals surface area contributed by atoms with Crippen LogP contribution in [-0.4, -0.2) is 17.1 Å². The van der Waals surface area contributed by atoms with Crippen molar-refractivity contribution in [3.8, 4) is 0 Å². The highest BCUT2D eigenvalue weighted by atomic mass is 35.5. The number of thioether (sulfide) groups is 1. The first-order chi connectivity index (χ1) is 14.7. The van der Waals surface area contributed by atoms with Gasteiger partial charge in [-0.1, -0.05) is 34.8 Å². The molecule has 0 heterocycles. The SMILES string of the molecule is CC(Sc1ccc(NC(=O)c2ccc(Cl)cc2Cl)cc1)C(=O)Nc1ccc(F)c(Cl)c1. The lowest BCUT2D eigenvalue weighted by Gasteiger charge is -2.13. The van der Waals surface area contributed by atoms with Gasteiger partial charge in [-0.15, -0.1) is 11.8 Å². The van der Waals surface area contributed by atoms with Crippen LogP contribution in [0.15, 0.2) is 65.6 Å². The van der Waals surface area contributed by atoms with Gasteiger partial charge in [0.05, 0.1) is 20.9 Å². The van der Waals surface area contributed by atoms with Gasteiger partial charge in [0.25, 0.3) is 5.91 Å². The average molecular weight is 498 g/mol. The third-order valence-electron chi connectivity index (χ3n) is 4.16. The van der Waals surface area contributed by atoms with Crippen LogP contribution in [-0.2, 0) is 4.79 Å². The maximum atomic E-state index is 13.2. The largest absolute Gasteiger partial charge is 0.325 e. The molecule has 9 heteroatoms. The minimum Gasteiger partial charge on any atom is -0.325 e. The summed E-state index contributed by atoms with van der Waals surface area (Å²) in [6, 6.07) is 15.7. The molecule has 0 saturated carbocycles. The summed E-state index contributed by atoms with van der Waals surface area (Å²) in [5.74, 6) is -1.15. The maximum Gasteiger partial charge on any atom is 0.257 e. The zero-order chi connectivity index (χ0) is 22.5. The molecule has 3 aromatic rings. The van der Waals surface area contributed by atoms with Crippen molar-refractivity contribution >= 4 is 69.8 Å². The van der Waals surface area contributed by atoms with E-state index in [1.165, 1.54) is 36.0 Å². The quantitative estimate of drug-likeness (QED) is 0.355. The fourth-order valence-electron chi connectivity index (χ4n) is 2.56. The van der Waals surface area contributed by atoms with E-state index in [2.05, 4.69) is 10.6 Å². The second-order valence-corrected chi connectivity index (χ2v) is 9.15. The van der Waals surface area contributed by atoms with Gasteiger partial charge in [-0.05, 0) is 67.6 Å². The van der Waals surface area contributed by atoms with E-state index in [0.717, 1.165) is 4.90 Å². The van der Waals surface area contributed by atoms with Gasteiger partial charge >= 0.3 is 0 Å². The van der Waals surface area contributed by atoms with E-state index in [0.29, 0.717) is 22.0 Å². The van der Waals surface area contributed by atoms with Crippen molar-refractivity contribution in [3.05, 3.63) is 87.1 Å². The standard InChI is InChI=1S/C22H16Cl3FN2O2S/c1-12(21(29)28-15-5-9-20(26)19(25)11-15)31-16-6-3-14(4-7-16)27-22(30)17-8-2-13(23)10-18(17)24/h2-12H,1H3,(H,27,30)(H,28,29). The molecular weight excluding hydrogens is 482 g/mol. The van der Waals surface area contributed by atoms with Crippen molar-refractivity contribution in [2.75, 3.05) is 10.6 Å². The summed E-state index contributed by atoms with van der Waals surface area (Å²) in [7, 11) is 0. The van der Waals surface area contributed by atoms with Crippen LogP contribution in [0.2, 0.25) is 15.1 Å². The van der Waals surface area contributed by atoms with Crippen LogP contribution in [0, 0.1) is 5.82 Å². The zero-order valence-corrected chi connectivity index (χ0v) is 19.2. The van der Waals surface area contributed by atoms with Gasteiger partial charge in [0.15, 0.2) is 0 Å². The Balaban J connectivity index is 1.58. The van der Waals surface area contributed by atoms with Crippen molar-refractivity contribution in [1.29, 1.82) is 0 Å². The van der Waals surface area contributed by atoms with Crippen LogP contribution in [0.3, 0.4) is 0 Å². The number of carbonyl (C=O) groups excluding carboxylic acids is 2. The summed E-state index contributed by atoms with van der Waals surface area (Å²) in [5, 5.41) is 5.70. The number of hydrogen-bond acceptors (Lipinski definition) is 3. The summed E-state index contributed by atoms with van der Waals surface area (Å²) in [5.41, 5.74) is 1.32. The predicted molar refractivity (Wildman–Crippen MR) is 126 cm³/mol. The Kier molecular flexibility index (Phi) is 7.84. The molecule has 0 aliphatic heterocycles. The topological polar surface area (TPSA) is 58.2 Å². The van der Waals surface area contributed by atoms with Crippen molar-refractivity contribution in [3.63, 3.8) is 0 Å². The van der Waals surface area contributed by atoms with Crippen molar-refractivity contribution in [2.45, 2.75) is 17.1 Å². The Bertz CT molecular complexity index is 1130. The molecule has 0 bridgehead atoms. The Morgan fingerprint density at radius 2 is 1.55 bits per heavy atom. The molecular formula is C22H16Cl3FN2O2S. The molecule has 3 aromatic carbocycles. The lowest BCUT2D eigenvalue weighted by Crippen LogP contribution is -2.22. The summed E-state index contributed by atoms with van der Waals surface area (Å²) in [4.78, 5) is 25.6. The molecule has 0 aromatic heterocycles. The minimum absolute atomic E-state index is 0.0596. The number of halogens is 4. The first kappa shape index (κ1) is 23.4. The molecule has 2 amide bonds. The van der Waals surface area contributed by atoms with E-state index >= 15 is 0 Å². The average Bonchev–Trinajstić information content (AvgIpc) is 2.72. The Labute approximate surface area is 198 Å². The summed E-state index contributed by atoms with van der Waals surface area (Å²) < 4.78 is 13.2. The van der Waals surface area contributed by atoms with Gasteiger partial charge in [0.1, 0.15) is 5.82 Å². The van der Waals surface area contributed by atoms with Gasteiger partial charge in [-0.3, -0.25) is 9.59 Å². The lowest BCUT2D eigenvalue weighted by atomic mass is 10.2. The van der Waals surface area contributed by atoms with Gasteiger partial charge in [0, 0.05) is 21.3 Å². The van der Waals surface area contributed by atoms with Gasteiger partial charge < -0.3 is 10.6 Å². The second kappa shape index (κ2) is 10.4. The van der Waals surface area contributed by atoms with Gasteiger partial charge in [0.2, 0.25) is 5.91 Å². The monoisotopic (exact) mass is 496 g/mol. The molecule has 31 heavy (non-hydrogen) atoms. The third-order valence-corrected chi connectivity index (χ3v) is 6.11. The van der Waals surface area contributed by atoms with E-state index < -0.39 is 11.1 Å². The summed E-state index contributed by atoms with van der Waals surface area (Å²) in [6.07, 6.45) is 0. The highest BCUT2D eigenvalue weighted by molar-refractivity contribution is 8.00. The Morgan fingerprint density at radius 1 is 0.871 bits per heavy atom. The molecule has 1 atom stereocenters. The number of rotatable bonds is 6.